The van der Waals surface area contributed by atoms with Gasteiger partial charge < -0.3 is 9.15 Å². The Balaban J connectivity index is 1.96. The molecule has 1 aromatic heterocycles. The van der Waals surface area contributed by atoms with Gasteiger partial charge in [-0.3, -0.25) is 4.79 Å². The van der Waals surface area contributed by atoms with E-state index < -0.39 is 0 Å². The lowest BCUT2D eigenvalue weighted by Gasteiger charge is -1.99. The van der Waals surface area contributed by atoms with Crippen LogP contribution in [0.5, 0.6) is 5.95 Å². The van der Waals surface area contributed by atoms with Gasteiger partial charge in [-0.05, 0) is 12.5 Å². The van der Waals surface area contributed by atoms with Crippen molar-refractivity contribution in [1.82, 2.24) is 0 Å². The molecule has 17 heavy (non-hydrogen) atoms. The molecule has 0 N–H and O–H groups in total. The molecule has 0 amide bonds. The second kappa shape index (κ2) is 5.53. The fourth-order valence-corrected chi connectivity index (χ4v) is 1.69. The van der Waals surface area contributed by atoms with E-state index in [0.29, 0.717) is 6.42 Å². The Morgan fingerprint density at radius 1 is 1.29 bits per heavy atom. The molecule has 0 radical (unpaired) electrons. The normalized spacial score (nSPS) is 10.6. The van der Waals surface area contributed by atoms with E-state index >= 15 is 0 Å². The van der Waals surface area contributed by atoms with E-state index in [1.54, 1.807) is 6.07 Å². The van der Waals surface area contributed by atoms with Gasteiger partial charge in [-0.15, -0.1) is 0 Å². The summed E-state index contributed by atoms with van der Waals surface area (Å²) >= 11 is 0. The number of hydrogen-bond donors (Lipinski definition) is 0. The molecule has 0 unspecified atom stereocenters. The van der Waals surface area contributed by atoms with Gasteiger partial charge in [-0.1, -0.05) is 38.0 Å². The molecule has 90 valence electrons. The van der Waals surface area contributed by atoms with Crippen LogP contribution in [0.1, 0.15) is 32.6 Å². The maximum absolute atomic E-state index is 11.5. The van der Waals surface area contributed by atoms with E-state index in [9.17, 15) is 4.79 Å². The van der Waals surface area contributed by atoms with Crippen LogP contribution >= 0.6 is 0 Å². The van der Waals surface area contributed by atoms with E-state index in [1.807, 2.05) is 24.3 Å². The summed E-state index contributed by atoms with van der Waals surface area (Å²) in [4.78, 5) is 11.5. The number of unbranched alkanes of at least 4 members (excludes halogenated alkanes) is 2. The van der Waals surface area contributed by atoms with Crippen molar-refractivity contribution in [1.29, 1.82) is 0 Å². The van der Waals surface area contributed by atoms with Crippen molar-refractivity contribution in [3.05, 3.63) is 30.3 Å². The second-order valence-corrected chi connectivity index (χ2v) is 4.03. The predicted molar refractivity (Wildman–Crippen MR) is 66.0 cm³/mol. The van der Waals surface area contributed by atoms with Crippen molar-refractivity contribution in [2.24, 2.45) is 0 Å². The van der Waals surface area contributed by atoms with Crippen molar-refractivity contribution in [3.63, 3.8) is 0 Å². The van der Waals surface area contributed by atoms with Crippen LogP contribution in [-0.2, 0) is 4.79 Å². The van der Waals surface area contributed by atoms with Gasteiger partial charge in [-0.25, -0.2) is 0 Å². The van der Waals surface area contributed by atoms with Gasteiger partial charge in [0.1, 0.15) is 5.58 Å². The van der Waals surface area contributed by atoms with Crippen molar-refractivity contribution < 1.29 is 13.9 Å². The number of carbonyl (C=O) groups is 1. The lowest BCUT2D eigenvalue weighted by Crippen LogP contribution is -2.06. The Labute approximate surface area is 100 Å². The number of furan rings is 1. The highest BCUT2D eigenvalue weighted by molar-refractivity contribution is 5.80. The SMILES string of the molecule is CCCCCC(=O)Oc1cc2ccccc2o1. The summed E-state index contributed by atoms with van der Waals surface area (Å²) in [5.41, 5.74) is 0.740. The molecule has 3 nitrogen and oxygen atoms in total. The number of carbonyl (C=O) groups excluding carboxylic acids is 1. The molecule has 0 saturated heterocycles. The first-order valence-corrected chi connectivity index (χ1v) is 5.99. The minimum absolute atomic E-state index is 0.225. The van der Waals surface area contributed by atoms with Gasteiger partial charge in [-0.2, -0.15) is 0 Å². The largest absolute Gasteiger partial charge is 0.425 e. The predicted octanol–water partition coefficient (Wildman–Crippen LogP) is 3.92. The van der Waals surface area contributed by atoms with Crippen LogP contribution in [0.25, 0.3) is 11.0 Å². The fourth-order valence-electron chi connectivity index (χ4n) is 1.69. The Bertz CT molecular complexity index is 466. The molecular weight excluding hydrogens is 216 g/mol. The standard InChI is InChI=1S/C14H16O3/c1-2-3-4-9-13(15)17-14-10-11-7-5-6-8-12(11)16-14/h5-8,10H,2-4,9H2,1H3. The molecular formula is C14H16O3. The molecule has 1 aromatic carbocycles. The quantitative estimate of drug-likeness (QED) is 0.579. The number of benzene rings is 1. The third-order valence-corrected chi connectivity index (χ3v) is 2.60. The van der Waals surface area contributed by atoms with E-state index in [1.165, 1.54) is 0 Å². The summed E-state index contributed by atoms with van der Waals surface area (Å²) in [5, 5.41) is 0.948. The number of rotatable bonds is 5. The van der Waals surface area contributed by atoms with Crippen LogP contribution < -0.4 is 4.74 Å². The average molecular weight is 232 g/mol. The van der Waals surface area contributed by atoms with Crippen LogP contribution in [0.2, 0.25) is 0 Å². The zero-order valence-corrected chi connectivity index (χ0v) is 9.94. The molecule has 0 aliphatic rings. The summed E-state index contributed by atoms with van der Waals surface area (Å²) in [7, 11) is 0. The highest BCUT2D eigenvalue weighted by Gasteiger charge is 2.09. The maximum Gasteiger partial charge on any atom is 0.313 e. The Morgan fingerprint density at radius 2 is 2.12 bits per heavy atom. The van der Waals surface area contributed by atoms with Crippen molar-refractivity contribution in [3.8, 4) is 5.95 Å². The molecule has 2 aromatic rings. The van der Waals surface area contributed by atoms with Gasteiger partial charge in [0, 0.05) is 17.9 Å². The Kier molecular flexibility index (Phi) is 3.81. The zero-order valence-electron chi connectivity index (χ0n) is 9.94. The van der Waals surface area contributed by atoms with Crippen LogP contribution in [0, 0.1) is 0 Å². The smallest absolute Gasteiger partial charge is 0.313 e. The molecule has 0 spiro atoms. The van der Waals surface area contributed by atoms with Gasteiger partial charge in [0.2, 0.25) is 0 Å². The monoisotopic (exact) mass is 232 g/mol. The third kappa shape index (κ3) is 3.09. The molecule has 2 rings (SSSR count). The number of hydrogen-bond acceptors (Lipinski definition) is 3. The van der Waals surface area contributed by atoms with E-state index in [-0.39, 0.29) is 11.9 Å². The summed E-state index contributed by atoms with van der Waals surface area (Å²) in [6, 6.07) is 9.33. The third-order valence-electron chi connectivity index (χ3n) is 2.60. The molecule has 1 heterocycles. The number of ether oxygens (including phenoxy) is 1. The van der Waals surface area contributed by atoms with E-state index in [2.05, 4.69) is 6.92 Å². The fraction of sp³-hybridized carbons (Fsp3) is 0.357. The molecule has 0 bridgehead atoms. The Hall–Kier alpha value is -1.77. The summed E-state index contributed by atoms with van der Waals surface area (Å²) in [6.45, 7) is 2.10. The molecule has 0 aliphatic carbocycles. The van der Waals surface area contributed by atoms with Crippen LogP contribution in [0.4, 0.5) is 0 Å². The van der Waals surface area contributed by atoms with Crippen molar-refractivity contribution >= 4 is 16.9 Å². The molecule has 0 saturated carbocycles. The highest BCUT2D eigenvalue weighted by atomic mass is 16.6. The van der Waals surface area contributed by atoms with Gasteiger partial charge in [0.25, 0.3) is 5.95 Å². The number of esters is 1. The van der Waals surface area contributed by atoms with Crippen LogP contribution in [-0.4, -0.2) is 5.97 Å². The topological polar surface area (TPSA) is 39.4 Å². The minimum atomic E-state index is -0.225. The van der Waals surface area contributed by atoms with Crippen molar-refractivity contribution in [2.45, 2.75) is 32.6 Å². The second-order valence-electron chi connectivity index (χ2n) is 4.03. The molecule has 3 heteroatoms. The Morgan fingerprint density at radius 3 is 2.88 bits per heavy atom. The molecule has 0 fully saturated rings. The first-order chi connectivity index (χ1) is 8.29. The number of fused-ring (bicyclic) bond motifs is 1. The molecule has 0 aliphatic heterocycles. The van der Waals surface area contributed by atoms with Crippen molar-refractivity contribution in [2.75, 3.05) is 0 Å². The summed E-state index contributed by atoms with van der Waals surface area (Å²) in [6.07, 6.45) is 3.47. The first-order valence-electron chi connectivity index (χ1n) is 5.99. The van der Waals surface area contributed by atoms with Gasteiger partial charge in [0.15, 0.2) is 0 Å². The maximum atomic E-state index is 11.5. The lowest BCUT2D eigenvalue weighted by molar-refractivity contribution is -0.135. The summed E-state index contributed by atoms with van der Waals surface area (Å²) in [5.74, 6) is 0.0604. The lowest BCUT2D eigenvalue weighted by atomic mass is 10.2. The average Bonchev–Trinajstić information content (AvgIpc) is 2.71. The zero-order chi connectivity index (χ0) is 12.1. The summed E-state index contributed by atoms with van der Waals surface area (Å²) < 4.78 is 10.5. The minimum Gasteiger partial charge on any atom is -0.425 e. The van der Waals surface area contributed by atoms with Gasteiger partial charge in [0.05, 0.1) is 0 Å². The molecule has 0 atom stereocenters. The number of para-hydroxylation sites is 1. The van der Waals surface area contributed by atoms with Gasteiger partial charge >= 0.3 is 5.97 Å². The first kappa shape index (κ1) is 11.7. The van der Waals surface area contributed by atoms with E-state index in [4.69, 9.17) is 9.15 Å². The van der Waals surface area contributed by atoms with Crippen LogP contribution in [0.3, 0.4) is 0 Å². The van der Waals surface area contributed by atoms with E-state index in [0.717, 1.165) is 30.2 Å². The van der Waals surface area contributed by atoms with Crippen LogP contribution in [0.15, 0.2) is 34.7 Å². The highest BCUT2D eigenvalue weighted by Crippen LogP contribution is 2.24.